The summed E-state index contributed by atoms with van der Waals surface area (Å²) in [5, 5.41) is 7.24. The Morgan fingerprint density at radius 2 is 2.15 bits per heavy atom. The third-order valence-corrected chi connectivity index (χ3v) is 5.32. The van der Waals surface area contributed by atoms with Crippen molar-refractivity contribution in [3.05, 3.63) is 15.9 Å². The molecule has 3 rings (SSSR count). The number of hydrogen-bond donors (Lipinski definition) is 2. The van der Waals surface area contributed by atoms with E-state index in [0.717, 1.165) is 16.6 Å². The number of amides is 1. The van der Waals surface area contributed by atoms with Gasteiger partial charge in [-0.25, -0.2) is 0 Å². The zero-order valence-corrected chi connectivity index (χ0v) is 13.5. The molecule has 1 aromatic rings. The lowest BCUT2D eigenvalue weighted by Crippen LogP contribution is -2.54. The van der Waals surface area contributed by atoms with Crippen LogP contribution in [0.5, 0.6) is 0 Å². The van der Waals surface area contributed by atoms with Crippen molar-refractivity contribution in [3.63, 3.8) is 0 Å². The molecule has 2 fully saturated rings. The standard InChI is InChI=1S/C14H21BrN4O/c1-14(2)7-19(6-5-9(14)16)13(20)12-10(15)11(17-18-12)8-3-4-8/h8-9H,3-7,16H2,1-2H3,(H,17,18). The number of rotatable bonds is 2. The molecule has 1 amide bonds. The number of aromatic nitrogens is 2. The van der Waals surface area contributed by atoms with Crippen LogP contribution in [-0.4, -0.2) is 40.1 Å². The summed E-state index contributed by atoms with van der Waals surface area (Å²) in [6, 6.07) is 0.149. The van der Waals surface area contributed by atoms with Gasteiger partial charge < -0.3 is 10.6 Å². The molecule has 1 atom stereocenters. The van der Waals surface area contributed by atoms with Crippen molar-refractivity contribution in [1.82, 2.24) is 15.1 Å². The summed E-state index contributed by atoms with van der Waals surface area (Å²) in [6.45, 7) is 5.63. The lowest BCUT2D eigenvalue weighted by molar-refractivity contribution is 0.0526. The lowest BCUT2D eigenvalue weighted by atomic mass is 9.79. The number of nitrogens with two attached hydrogens (primary N) is 1. The van der Waals surface area contributed by atoms with Gasteiger partial charge in [-0.3, -0.25) is 9.89 Å². The Hall–Kier alpha value is -0.880. The summed E-state index contributed by atoms with van der Waals surface area (Å²) >= 11 is 3.53. The smallest absolute Gasteiger partial charge is 0.275 e. The number of nitrogens with zero attached hydrogens (tertiary/aromatic N) is 2. The molecule has 20 heavy (non-hydrogen) atoms. The molecule has 1 saturated heterocycles. The first-order chi connectivity index (χ1) is 9.40. The van der Waals surface area contributed by atoms with Crippen molar-refractivity contribution in [2.75, 3.05) is 13.1 Å². The van der Waals surface area contributed by atoms with Crippen LogP contribution in [0.1, 0.15) is 55.2 Å². The minimum Gasteiger partial charge on any atom is -0.337 e. The normalized spacial score (nSPS) is 25.8. The number of likely N-dealkylation sites (tertiary alicyclic amines) is 1. The van der Waals surface area contributed by atoms with Crippen molar-refractivity contribution in [2.45, 2.75) is 45.1 Å². The second-order valence-corrected chi connectivity index (χ2v) is 7.48. The van der Waals surface area contributed by atoms with Crippen LogP contribution in [0.2, 0.25) is 0 Å². The average molecular weight is 341 g/mol. The maximum Gasteiger partial charge on any atom is 0.275 e. The van der Waals surface area contributed by atoms with Crippen LogP contribution in [0.25, 0.3) is 0 Å². The van der Waals surface area contributed by atoms with Crippen molar-refractivity contribution in [1.29, 1.82) is 0 Å². The molecule has 0 radical (unpaired) electrons. The van der Waals surface area contributed by atoms with Crippen LogP contribution < -0.4 is 5.73 Å². The Morgan fingerprint density at radius 3 is 2.75 bits per heavy atom. The molecule has 2 heterocycles. The molecule has 110 valence electrons. The minimum atomic E-state index is -0.0456. The van der Waals surface area contributed by atoms with Gasteiger partial charge in [0.05, 0.1) is 10.2 Å². The predicted octanol–water partition coefficient (Wildman–Crippen LogP) is 2.25. The van der Waals surface area contributed by atoms with Crippen molar-refractivity contribution in [2.24, 2.45) is 11.1 Å². The first-order valence-corrected chi connectivity index (χ1v) is 7.98. The van der Waals surface area contributed by atoms with Gasteiger partial charge in [0.2, 0.25) is 0 Å². The molecule has 3 N–H and O–H groups in total. The van der Waals surface area contributed by atoms with Crippen molar-refractivity contribution < 1.29 is 4.79 Å². The number of H-pyrrole nitrogens is 1. The zero-order chi connectivity index (χ0) is 14.5. The van der Waals surface area contributed by atoms with Gasteiger partial charge in [0.1, 0.15) is 0 Å². The number of piperidine rings is 1. The maximum absolute atomic E-state index is 12.6. The third kappa shape index (κ3) is 2.39. The largest absolute Gasteiger partial charge is 0.337 e. The van der Waals surface area contributed by atoms with Crippen LogP contribution in [0.3, 0.4) is 0 Å². The van der Waals surface area contributed by atoms with Gasteiger partial charge in [0, 0.05) is 25.0 Å². The Morgan fingerprint density at radius 1 is 1.45 bits per heavy atom. The molecule has 2 aliphatic rings. The van der Waals surface area contributed by atoms with Gasteiger partial charge in [0.15, 0.2) is 5.69 Å². The molecular weight excluding hydrogens is 320 g/mol. The van der Waals surface area contributed by atoms with E-state index >= 15 is 0 Å². The Labute approximate surface area is 127 Å². The van der Waals surface area contributed by atoms with E-state index in [2.05, 4.69) is 40.0 Å². The number of halogens is 1. The van der Waals surface area contributed by atoms with Gasteiger partial charge >= 0.3 is 0 Å². The summed E-state index contributed by atoms with van der Waals surface area (Å²) in [7, 11) is 0. The Balaban J connectivity index is 1.79. The second kappa shape index (κ2) is 4.84. The molecule has 1 aliphatic heterocycles. The van der Waals surface area contributed by atoms with E-state index in [9.17, 15) is 4.79 Å². The zero-order valence-electron chi connectivity index (χ0n) is 11.9. The van der Waals surface area contributed by atoms with Crippen LogP contribution in [0, 0.1) is 5.41 Å². The summed E-state index contributed by atoms with van der Waals surface area (Å²) in [5.41, 5.74) is 7.66. The van der Waals surface area contributed by atoms with Crippen molar-refractivity contribution >= 4 is 21.8 Å². The number of carbonyl (C=O) groups excluding carboxylic acids is 1. The fourth-order valence-electron chi connectivity index (χ4n) is 2.82. The van der Waals surface area contributed by atoms with Gasteiger partial charge in [-0.15, -0.1) is 0 Å². The molecule has 1 aliphatic carbocycles. The summed E-state index contributed by atoms with van der Waals surface area (Å²) in [4.78, 5) is 14.5. The van der Waals surface area contributed by atoms with E-state index < -0.39 is 0 Å². The van der Waals surface area contributed by atoms with E-state index in [1.54, 1.807) is 0 Å². The third-order valence-electron chi connectivity index (χ3n) is 4.52. The summed E-state index contributed by atoms with van der Waals surface area (Å²) in [6.07, 6.45) is 3.20. The van der Waals surface area contributed by atoms with Crippen molar-refractivity contribution in [3.8, 4) is 0 Å². The average Bonchev–Trinajstić information content (AvgIpc) is 3.15. The second-order valence-electron chi connectivity index (χ2n) is 6.68. The highest BCUT2D eigenvalue weighted by Gasteiger charge is 2.37. The summed E-state index contributed by atoms with van der Waals surface area (Å²) in [5.74, 6) is 0.546. The highest BCUT2D eigenvalue weighted by atomic mass is 79.9. The molecular formula is C14H21BrN4O. The lowest BCUT2D eigenvalue weighted by Gasteiger charge is -2.42. The van der Waals surface area contributed by atoms with Gasteiger partial charge in [-0.05, 0) is 40.6 Å². The van der Waals surface area contributed by atoms with E-state index in [1.807, 2.05) is 4.90 Å². The fraction of sp³-hybridized carbons (Fsp3) is 0.714. The number of nitrogens with one attached hydrogen (secondary N) is 1. The molecule has 5 nitrogen and oxygen atoms in total. The van der Waals surface area contributed by atoms with Gasteiger partial charge in [-0.2, -0.15) is 5.10 Å². The molecule has 0 bridgehead atoms. The van der Waals surface area contributed by atoms with E-state index in [-0.39, 0.29) is 17.4 Å². The topological polar surface area (TPSA) is 75.0 Å². The SMILES string of the molecule is CC1(C)CN(C(=O)c2n[nH]c(C3CC3)c2Br)CCC1N. The monoisotopic (exact) mass is 340 g/mol. The van der Waals surface area contributed by atoms with E-state index in [4.69, 9.17) is 5.73 Å². The minimum absolute atomic E-state index is 0.000000000000000444. The number of carbonyl (C=O) groups is 1. The molecule has 6 heteroatoms. The Kier molecular flexibility index (Phi) is 3.41. The van der Waals surface area contributed by atoms with Gasteiger partial charge in [0.25, 0.3) is 5.91 Å². The molecule has 1 saturated carbocycles. The van der Waals surface area contributed by atoms with Crippen LogP contribution in [-0.2, 0) is 0 Å². The molecule has 1 aromatic heterocycles. The van der Waals surface area contributed by atoms with E-state index in [0.29, 0.717) is 24.7 Å². The molecule has 1 unspecified atom stereocenters. The molecule has 0 spiro atoms. The predicted molar refractivity (Wildman–Crippen MR) is 80.5 cm³/mol. The van der Waals surface area contributed by atoms with Crippen LogP contribution in [0.15, 0.2) is 4.47 Å². The molecule has 0 aromatic carbocycles. The first kappa shape index (κ1) is 14.1. The number of hydrogen-bond acceptors (Lipinski definition) is 3. The van der Waals surface area contributed by atoms with E-state index in [1.165, 1.54) is 12.8 Å². The highest BCUT2D eigenvalue weighted by molar-refractivity contribution is 9.10. The Bertz CT molecular complexity index is 535. The first-order valence-electron chi connectivity index (χ1n) is 7.19. The van der Waals surface area contributed by atoms with Crippen LogP contribution >= 0.6 is 15.9 Å². The van der Waals surface area contributed by atoms with Crippen LogP contribution in [0.4, 0.5) is 0 Å². The fourth-order valence-corrected chi connectivity index (χ4v) is 3.49. The maximum atomic E-state index is 12.6. The van der Waals surface area contributed by atoms with Gasteiger partial charge in [-0.1, -0.05) is 13.8 Å². The summed E-state index contributed by atoms with van der Waals surface area (Å²) < 4.78 is 0.845. The number of aromatic amines is 1. The quantitative estimate of drug-likeness (QED) is 0.866. The highest BCUT2D eigenvalue weighted by Crippen LogP contribution is 2.43.